The van der Waals surface area contributed by atoms with Gasteiger partial charge in [-0.05, 0) is 17.9 Å². The average Bonchev–Trinajstić information content (AvgIpc) is 2.41. The van der Waals surface area contributed by atoms with Crippen molar-refractivity contribution in [2.45, 2.75) is 52.4 Å². The Morgan fingerprint density at radius 2 is 1.79 bits per heavy atom. The number of ether oxygens (including phenoxy) is 1. The maximum Gasteiger partial charge on any atom is 0.305 e. The summed E-state index contributed by atoms with van der Waals surface area (Å²) < 4.78 is 5.33. The molecule has 19 heavy (non-hydrogen) atoms. The van der Waals surface area contributed by atoms with E-state index in [-0.39, 0.29) is 11.9 Å². The number of rotatable bonds is 8. The van der Waals surface area contributed by atoms with Gasteiger partial charge in [0.1, 0.15) is 0 Å². The summed E-state index contributed by atoms with van der Waals surface area (Å²) in [6.45, 7) is 6.98. The molecule has 0 amide bonds. The lowest BCUT2D eigenvalue weighted by atomic mass is 10.0. The van der Waals surface area contributed by atoms with Gasteiger partial charge in [-0.25, -0.2) is 0 Å². The minimum Gasteiger partial charge on any atom is -0.465 e. The zero-order valence-corrected chi connectivity index (χ0v) is 12.4. The Morgan fingerprint density at radius 3 is 2.42 bits per heavy atom. The van der Waals surface area contributed by atoms with Crippen LogP contribution >= 0.6 is 0 Å². The Kier molecular flexibility index (Phi) is 7.24. The van der Waals surface area contributed by atoms with E-state index in [1.807, 2.05) is 18.2 Å². The molecule has 1 unspecified atom stereocenters. The second-order valence-corrected chi connectivity index (χ2v) is 5.63. The first kappa shape index (κ1) is 15.7. The average molecular weight is 262 g/mol. The summed E-state index contributed by atoms with van der Waals surface area (Å²) >= 11 is 0. The second kappa shape index (κ2) is 8.73. The predicted molar refractivity (Wildman–Crippen MR) is 79.1 cm³/mol. The normalized spacial score (nSPS) is 12.4. The van der Waals surface area contributed by atoms with Crippen molar-refractivity contribution < 1.29 is 9.53 Å². The van der Waals surface area contributed by atoms with Gasteiger partial charge in [0.2, 0.25) is 0 Å². The first-order valence-corrected chi connectivity index (χ1v) is 7.30. The van der Waals surface area contributed by atoms with Gasteiger partial charge >= 0.3 is 5.97 Å². The van der Waals surface area contributed by atoms with E-state index in [0.29, 0.717) is 18.9 Å². The first-order valence-electron chi connectivity index (χ1n) is 7.30. The second-order valence-electron chi connectivity index (χ2n) is 5.63. The zero-order chi connectivity index (χ0) is 14.1. The third-order valence-electron chi connectivity index (χ3n) is 3.28. The van der Waals surface area contributed by atoms with Crippen LogP contribution in [-0.4, -0.2) is 12.6 Å². The van der Waals surface area contributed by atoms with Gasteiger partial charge in [-0.1, -0.05) is 63.9 Å². The number of unbranched alkanes of at least 4 members (excludes halogenated alkanes) is 1. The summed E-state index contributed by atoms with van der Waals surface area (Å²) in [5, 5.41) is 0. The highest BCUT2D eigenvalue weighted by molar-refractivity contribution is 5.69. The summed E-state index contributed by atoms with van der Waals surface area (Å²) in [4.78, 5) is 11.6. The maximum atomic E-state index is 11.6. The zero-order valence-electron chi connectivity index (χ0n) is 12.4. The molecule has 0 bridgehead atoms. The van der Waals surface area contributed by atoms with E-state index in [0.717, 1.165) is 12.8 Å². The molecule has 1 aromatic carbocycles. The molecule has 0 saturated carbocycles. The van der Waals surface area contributed by atoms with Gasteiger partial charge in [-0.15, -0.1) is 0 Å². The molecule has 0 aliphatic heterocycles. The third kappa shape index (κ3) is 7.00. The van der Waals surface area contributed by atoms with Crippen molar-refractivity contribution in [2.24, 2.45) is 5.92 Å². The van der Waals surface area contributed by atoms with E-state index in [4.69, 9.17) is 4.74 Å². The lowest BCUT2D eigenvalue weighted by molar-refractivity contribution is -0.144. The van der Waals surface area contributed by atoms with Gasteiger partial charge < -0.3 is 4.74 Å². The van der Waals surface area contributed by atoms with Crippen LogP contribution in [0.4, 0.5) is 0 Å². The Balaban J connectivity index is 2.16. The fourth-order valence-corrected chi connectivity index (χ4v) is 1.99. The van der Waals surface area contributed by atoms with Crippen molar-refractivity contribution in [3.63, 3.8) is 0 Å². The van der Waals surface area contributed by atoms with Crippen LogP contribution in [0.3, 0.4) is 0 Å². The third-order valence-corrected chi connectivity index (χ3v) is 3.28. The molecule has 0 spiro atoms. The highest BCUT2D eigenvalue weighted by atomic mass is 16.5. The summed E-state index contributed by atoms with van der Waals surface area (Å²) in [6.07, 6.45) is 3.79. The van der Waals surface area contributed by atoms with Gasteiger partial charge in [-0.2, -0.15) is 0 Å². The van der Waals surface area contributed by atoms with Crippen LogP contribution in [0.5, 0.6) is 0 Å². The Bertz CT molecular complexity index is 357. The molecule has 0 aliphatic carbocycles. The Morgan fingerprint density at radius 1 is 1.11 bits per heavy atom. The van der Waals surface area contributed by atoms with Gasteiger partial charge in [-0.3, -0.25) is 4.79 Å². The Labute approximate surface area is 117 Å². The highest BCUT2D eigenvalue weighted by Crippen LogP contribution is 2.15. The van der Waals surface area contributed by atoms with E-state index in [1.165, 1.54) is 12.0 Å². The summed E-state index contributed by atoms with van der Waals surface area (Å²) in [6, 6.07) is 10.2. The smallest absolute Gasteiger partial charge is 0.305 e. The first-order chi connectivity index (χ1) is 9.09. The fourth-order valence-electron chi connectivity index (χ4n) is 1.99. The van der Waals surface area contributed by atoms with Gasteiger partial charge in [0.05, 0.1) is 6.61 Å². The molecule has 0 saturated heterocycles. The quantitative estimate of drug-likeness (QED) is 0.507. The molecule has 0 radical (unpaired) electrons. The predicted octanol–water partition coefficient (Wildman–Crippen LogP) is 4.55. The van der Waals surface area contributed by atoms with E-state index in [1.54, 1.807) is 0 Å². The molecule has 0 fully saturated rings. The number of carbonyl (C=O) groups is 1. The minimum absolute atomic E-state index is 0.0634. The maximum absolute atomic E-state index is 11.6. The molecule has 1 atom stereocenters. The summed E-state index contributed by atoms with van der Waals surface area (Å²) in [7, 11) is 0. The topological polar surface area (TPSA) is 26.3 Å². The molecule has 0 N–H and O–H groups in total. The molecule has 2 heteroatoms. The van der Waals surface area contributed by atoms with Crippen molar-refractivity contribution in [3.05, 3.63) is 35.9 Å². The number of carbonyl (C=O) groups excluding carboxylic acids is 1. The van der Waals surface area contributed by atoms with Crippen molar-refractivity contribution in [1.82, 2.24) is 0 Å². The van der Waals surface area contributed by atoms with Crippen LogP contribution in [0.1, 0.15) is 57.9 Å². The van der Waals surface area contributed by atoms with Gasteiger partial charge in [0.15, 0.2) is 0 Å². The van der Waals surface area contributed by atoms with Crippen LogP contribution in [0.25, 0.3) is 0 Å². The number of hydrogen-bond donors (Lipinski definition) is 0. The standard InChI is InChI=1S/C17H26O2/c1-14(2)9-7-8-12-17(18)19-13-15(3)16-10-5-4-6-11-16/h4-6,10-11,14-15H,7-9,12-13H2,1-3H3. The molecule has 0 aromatic heterocycles. The Hall–Kier alpha value is -1.31. The number of benzene rings is 1. The molecule has 0 aliphatic rings. The molecule has 0 heterocycles. The molecule has 1 aromatic rings. The largest absolute Gasteiger partial charge is 0.465 e. The van der Waals surface area contributed by atoms with E-state index < -0.39 is 0 Å². The highest BCUT2D eigenvalue weighted by Gasteiger charge is 2.09. The van der Waals surface area contributed by atoms with E-state index in [9.17, 15) is 4.79 Å². The van der Waals surface area contributed by atoms with Gasteiger partial charge in [0, 0.05) is 12.3 Å². The van der Waals surface area contributed by atoms with E-state index in [2.05, 4.69) is 32.9 Å². The van der Waals surface area contributed by atoms with Crippen LogP contribution in [-0.2, 0) is 9.53 Å². The van der Waals surface area contributed by atoms with E-state index >= 15 is 0 Å². The minimum atomic E-state index is -0.0634. The van der Waals surface area contributed by atoms with Crippen molar-refractivity contribution in [1.29, 1.82) is 0 Å². The molecule has 2 nitrogen and oxygen atoms in total. The molecule has 1 rings (SSSR count). The lowest BCUT2D eigenvalue weighted by Crippen LogP contribution is -2.10. The summed E-state index contributed by atoms with van der Waals surface area (Å²) in [5.41, 5.74) is 1.22. The fraction of sp³-hybridized carbons (Fsp3) is 0.588. The molecular weight excluding hydrogens is 236 g/mol. The van der Waals surface area contributed by atoms with Crippen molar-refractivity contribution in [2.75, 3.05) is 6.61 Å². The van der Waals surface area contributed by atoms with Crippen LogP contribution in [0, 0.1) is 5.92 Å². The van der Waals surface area contributed by atoms with Crippen LogP contribution in [0.15, 0.2) is 30.3 Å². The molecular formula is C17H26O2. The SMILES string of the molecule is CC(C)CCCCC(=O)OCC(C)c1ccccc1. The van der Waals surface area contributed by atoms with Crippen molar-refractivity contribution in [3.8, 4) is 0 Å². The van der Waals surface area contributed by atoms with Crippen LogP contribution < -0.4 is 0 Å². The number of hydrogen-bond acceptors (Lipinski definition) is 2. The van der Waals surface area contributed by atoms with Crippen molar-refractivity contribution >= 4 is 5.97 Å². The lowest BCUT2D eigenvalue weighted by Gasteiger charge is -2.12. The monoisotopic (exact) mass is 262 g/mol. The van der Waals surface area contributed by atoms with Crippen LogP contribution in [0.2, 0.25) is 0 Å². The molecule has 106 valence electrons. The summed E-state index contributed by atoms with van der Waals surface area (Å²) in [5.74, 6) is 0.918. The van der Waals surface area contributed by atoms with Gasteiger partial charge in [0.25, 0.3) is 0 Å². The number of esters is 1.